The van der Waals surface area contributed by atoms with Gasteiger partial charge in [-0.2, -0.15) is 0 Å². The maximum absolute atomic E-state index is 13.0. The molecule has 0 bridgehead atoms. The van der Waals surface area contributed by atoms with Crippen LogP contribution in [0.5, 0.6) is 5.75 Å². The molecule has 2 aliphatic rings. The Hall–Kier alpha value is -2.33. The van der Waals surface area contributed by atoms with Crippen LogP contribution in [-0.2, 0) is 9.53 Å². The van der Waals surface area contributed by atoms with Gasteiger partial charge in [-0.3, -0.25) is 4.79 Å². The van der Waals surface area contributed by atoms with Gasteiger partial charge in [-0.25, -0.2) is 0 Å². The molecule has 0 aromatic heterocycles. The van der Waals surface area contributed by atoms with E-state index in [1.54, 1.807) is 12.1 Å². The van der Waals surface area contributed by atoms with Gasteiger partial charge in [0.05, 0.1) is 12.6 Å². The number of rotatable bonds is 3. The van der Waals surface area contributed by atoms with Crippen molar-refractivity contribution in [2.24, 2.45) is 5.92 Å². The first-order chi connectivity index (χ1) is 12.1. The number of benzene rings is 2. The standard InChI is InChI=1S/C21H23NO3/c1-14-12-22(13-20(25-14)15-6-3-2-4-7-15)21(24)19-11-18(19)16-8-5-9-17(23)10-16/h2-10,14,18-20,23H,11-13H2,1H3/t14-,18+,19-,20+/m0/s1. The van der Waals surface area contributed by atoms with Gasteiger partial charge in [0.1, 0.15) is 11.9 Å². The predicted molar refractivity (Wildman–Crippen MR) is 95.3 cm³/mol. The molecule has 1 saturated heterocycles. The van der Waals surface area contributed by atoms with Gasteiger partial charge < -0.3 is 14.7 Å². The third-order valence-corrected chi connectivity index (χ3v) is 5.15. The minimum atomic E-state index is -0.0631. The molecule has 4 atom stereocenters. The monoisotopic (exact) mass is 337 g/mol. The van der Waals surface area contributed by atoms with Crippen LogP contribution in [0, 0.1) is 5.92 Å². The Balaban J connectivity index is 1.45. The van der Waals surface area contributed by atoms with Gasteiger partial charge in [0.25, 0.3) is 0 Å². The van der Waals surface area contributed by atoms with Gasteiger partial charge in [-0.15, -0.1) is 0 Å². The number of amides is 1. The molecule has 1 aliphatic heterocycles. The lowest BCUT2D eigenvalue weighted by molar-refractivity contribution is -0.146. The van der Waals surface area contributed by atoms with Crippen LogP contribution in [0.2, 0.25) is 0 Å². The smallest absolute Gasteiger partial charge is 0.226 e. The Morgan fingerprint density at radius 2 is 1.84 bits per heavy atom. The van der Waals surface area contributed by atoms with Crippen LogP contribution in [0.25, 0.3) is 0 Å². The molecular weight excluding hydrogens is 314 g/mol. The number of carbonyl (C=O) groups excluding carboxylic acids is 1. The normalized spacial score (nSPS) is 28.6. The Labute approximate surface area is 148 Å². The molecule has 1 heterocycles. The summed E-state index contributed by atoms with van der Waals surface area (Å²) in [6, 6.07) is 17.4. The summed E-state index contributed by atoms with van der Waals surface area (Å²) in [5.74, 6) is 0.737. The summed E-state index contributed by atoms with van der Waals surface area (Å²) in [5, 5.41) is 9.65. The van der Waals surface area contributed by atoms with Gasteiger partial charge in [0.2, 0.25) is 5.91 Å². The number of phenolic OH excluding ortho intramolecular Hbond substituents is 1. The van der Waals surface area contributed by atoms with E-state index in [9.17, 15) is 9.90 Å². The van der Waals surface area contributed by atoms with Gasteiger partial charge in [-0.05, 0) is 42.5 Å². The first-order valence-corrected chi connectivity index (χ1v) is 8.90. The first kappa shape index (κ1) is 16.2. The highest BCUT2D eigenvalue weighted by Gasteiger charge is 2.47. The van der Waals surface area contributed by atoms with E-state index >= 15 is 0 Å². The van der Waals surface area contributed by atoms with Gasteiger partial charge in [-0.1, -0.05) is 42.5 Å². The van der Waals surface area contributed by atoms with E-state index in [0.29, 0.717) is 13.1 Å². The van der Waals surface area contributed by atoms with E-state index in [2.05, 4.69) is 12.1 Å². The van der Waals surface area contributed by atoms with Crippen LogP contribution in [-0.4, -0.2) is 35.1 Å². The minimum absolute atomic E-state index is 0.0286. The first-order valence-electron chi connectivity index (χ1n) is 8.90. The Kier molecular flexibility index (Phi) is 4.22. The van der Waals surface area contributed by atoms with Crippen molar-refractivity contribution in [2.45, 2.75) is 31.5 Å². The largest absolute Gasteiger partial charge is 0.508 e. The molecule has 1 aliphatic carbocycles. The summed E-state index contributed by atoms with van der Waals surface area (Å²) in [4.78, 5) is 14.9. The van der Waals surface area contributed by atoms with E-state index in [1.165, 1.54) is 0 Å². The van der Waals surface area contributed by atoms with Crippen LogP contribution in [0.4, 0.5) is 0 Å². The van der Waals surface area contributed by atoms with Crippen molar-refractivity contribution in [3.63, 3.8) is 0 Å². The lowest BCUT2D eigenvalue weighted by Crippen LogP contribution is -2.46. The molecule has 2 aromatic rings. The molecule has 2 fully saturated rings. The lowest BCUT2D eigenvalue weighted by Gasteiger charge is -2.37. The molecule has 1 amide bonds. The molecular formula is C21H23NO3. The fourth-order valence-corrected chi connectivity index (χ4v) is 3.81. The quantitative estimate of drug-likeness (QED) is 0.933. The second kappa shape index (κ2) is 6.52. The molecule has 1 saturated carbocycles. The molecule has 0 unspecified atom stereocenters. The zero-order valence-electron chi connectivity index (χ0n) is 14.3. The van der Waals surface area contributed by atoms with Gasteiger partial charge in [0, 0.05) is 12.5 Å². The van der Waals surface area contributed by atoms with Crippen molar-refractivity contribution in [3.05, 3.63) is 65.7 Å². The number of hydrogen-bond donors (Lipinski definition) is 1. The molecule has 0 radical (unpaired) electrons. The number of nitrogens with zero attached hydrogens (tertiary/aromatic N) is 1. The molecule has 2 aromatic carbocycles. The topological polar surface area (TPSA) is 49.8 Å². The maximum atomic E-state index is 13.0. The van der Waals surface area contributed by atoms with E-state index in [1.807, 2.05) is 42.2 Å². The van der Waals surface area contributed by atoms with Crippen LogP contribution in [0.15, 0.2) is 54.6 Å². The van der Waals surface area contributed by atoms with Crippen LogP contribution < -0.4 is 0 Å². The number of hydrogen-bond acceptors (Lipinski definition) is 3. The number of ether oxygens (including phenoxy) is 1. The van der Waals surface area contributed by atoms with Crippen molar-refractivity contribution >= 4 is 5.91 Å². The van der Waals surface area contributed by atoms with E-state index < -0.39 is 0 Å². The highest BCUT2D eigenvalue weighted by molar-refractivity contribution is 5.83. The Morgan fingerprint density at radius 1 is 1.08 bits per heavy atom. The lowest BCUT2D eigenvalue weighted by atomic mass is 10.1. The van der Waals surface area contributed by atoms with Crippen molar-refractivity contribution in [1.82, 2.24) is 4.90 Å². The second-order valence-electron chi connectivity index (χ2n) is 7.13. The highest BCUT2D eigenvalue weighted by atomic mass is 16.5. The molecule has 130 valence electrons. The van der Waals surface area contributed by atoms with Crippen LogP contribution in [0.1, 0.15) is 36.5 Å². The molecule has 25 heavy (non-hydrogen) atoms. The van der Waals surface area contributed by atoms with E-state index in [4.69, 9.17) is 4.74 Å². The zero-order chi connectivity index (χ0) is 17.4. The van der Waals surface area contributed by atoms with E-state index in [0.717, 1.165) is 17.5 Å². The summed E-state index contributed by atoms with van der Waals surface area (Å²) in [7, 11) is 0. The average Bonchev–Trinajstić information content (AvgIpc) is 3.42. The van der Waals surface area contributed by atoms with Crippen molar-refractivity contribution < 1.29 is 14.6 Å². The summed E-state index contributed by atoms with van der Waals surface area (Å²) in [6.45, 7) is 3.27. The number of aromatic hydroxyl groups is 1. The number of phenols is 1. The fraction of sp³-hybridized carbons (Fsp3) is 0.381. The summed E-state index contributed by atoms with van der Waals surface area (Å²) in [5.41, 5.74) is 2.17. The molecule has 4 heteroatoms. The number of morpholine rings is 1. The fourth-order valence-electron chi connectivity index (χ4n) is 3.81. The van der Waals surface area contributed by atoms with Crippen molar-refractivity contribution in [3.8, 4) is 5.75 Å². The molecule has 4 rings (SSSR count). The van der Waals surface area contributed by atoms with E-state index in [-0.39, 0.29) is 35.7 Å². The highest BCUT2D eigenvalue weighted by Crippen LogP contribution is 2.49. The third kappa shape index (κ3) is 3.40. The summed E-state index contributed by atoms with van der Waals surface area (Å²) < 4.78 is 6.05. The average molecular weight is 337 g/mol. The SMILES string of the molecule is C[C@H]1CN(C(=O)[C@H]2C[C@@H]2c2cccc(O)c2)C[C@H](c2ccccc2)O1. The minimum Gasteiger partial charge on any atom is -0.508 e. The summed E-state index contributed by atoms with van der Waals surface area (Å²) in [6.07, 6.45) is 0.831. The molecule has 4 nitrogen and oxygen atoms in total. The maximum Gasteiger partial charge on any atom is 0.226 e. The molecule has 1 N–H and O–H groups in total. The number of carbonyl (C=O) groups is 1. The van der Waals surface area contributed by atoms with Crippen LogP contribution in [0.3, 0.4) is 0 Å². The van der Waals surface area contributed by atoms with Gasteiger partial charge >= 0.3 is 0 Å². The molecule has 0 spiro atoms. The zero-order valence-corrected chi connectivity index (χ0v) is 14.3. The van der Waals surface area contributed by atoms with Crippen LogP contribution >= 0.6 is 0 Å². The second-order valence-corrected chi connectivity index (χ2v) is 7.13. The van der Waals surface area contributed by atoms with Gasteiger partial charge in [0.15, 0.2) is 0 Å². The summed E-state index contributed by atoms with van der Waals surface area (Å²) >= 11 is 0. The third-order valence-electron chi connectivity index (χ3n) is 5.15. The van der Waals surface area contributed by atoms with Crippen molar-refractivity contribution in [1.29, 1.82) is 0 Å². The Morgan fingerprint density at radius 3 is 2.60 bits per heavy atom. The predicted octanol–water partition coefficient (Wildman–Crippen LogP) is 3.48. The Bertz CT molecular complexity index is 761. The van der Waals surface area contributed by atoms with Crippen molar-refractivity contribution in [2.75, 3.05) is 13.1 Å².